The monoisotopic (exact) mass is 199 g/mol. The molecule has 2 nitrogen and oxygen atoms in total. The molecule has 0 aromatic heterocycles. The third kappa shape index (κ3) is 3.97. The van der Waals surface area contributed by atoms with Crippen molar-refractivity contribution in [1.29, 1.82) is 0 Å². The van der Waals surface area contributed by atoms with E-state index >= 15 is 0 Å². The van der Waals surface area contributed by atoms with Crippen molar-refractivity contribution < 1.29 is 5.11 Å². The van der Waals surface area contributed by atoms with Crippen LogP contribution in [-0.4, -0.2) is 23.8 Å². The predicted molar refractivity (Wildman–Crippen MR) is 60.3 cm³/mol. The molecule has 1 saturated carbocycles. The van der Waals surface area contributed by atoms with Gasteiger partial charge in [-0.3, -0.25) is 0 Å². The van der Waals surface area contributed by atoms with Gasteiger partial charge in [-0.2, -0.15) is 0 Å². The molecule has 1 rings (SSSR count). The molecule has 1 fully saturated rings. The van der Waals surface area contributed by atoms with E-state index in [9.17, 15) is 5.11 Å². The quantitative estimate of drug-likeness (QED) is 0.643. The van der Waals surface area contributed by atoms with E-state index in [1.54, 1.807) is 0 Å². The summed E-state index contributed by atoms with van der Waals surface area (Å²) in [5.41, 5.74) is 0. The molecule has 3 atom stereocenters. The maximum Gasteiger partial charge on any atom is 0.0538 e. The normalized spacial score (nSPS) is 29.4. The summed E-state index contributed by atoms with van der Waals surface area (Å²) in [5.74, 6) is 0.853. The van der Waals surface area contributed by atoms with E-state index in [1.165, 1.54) is 19.3 Å². The molecule has 3 unspecified atom stereocenters. The number of hydrogen-bond donors (Lipinski definition) is 2. The summed E-state index contributed by atoms with van der Waals surface area (Å²) in [6.45, 7) is 5.45. The molecule has 14 heavy (non-hydrogen) atoms. The Labute approximate surface area is 88.1 Å². The van der Waals surface area contributed by atoms with Crippen molar-refractivity contribution in [3.8, 4) is 0 Å². The molecule has 0 saturated heterocycles. The third-order valence-corrected chi connectivity index (χ3v) is 3.45. The van der Waals surface area contributed by atoms with Gasteiger partial charge >= 0.3 is 0 Å². The van der Waals surface area contributed by atoms with Gasteiger partial charge in [0.25, 0.3) is 0 Å². The highest BCUT2D eigenvalue weighted by Gasteiger charge is 2.21. The van der Waals surface area contributed by atoms with Gasteiger partial charge < -0.3 is 10.4 Å². The Morgan fingerprint density at radius 2 is 2.21 bits per heavy atom. The molecule has 0 aliphatic heterocycles. The zero-order valence-corrected chi connectivity index (χ0v) is 9.63. The van der Waals surface area contributed by atoms with E-state index in [-0.39, 0.29) is 6.10 Å². The van der Waals surface area contributed by atoms with Crippen molar-refractivity contribution in [2.45, 2.75) is 64.5 Å². The zero-order valence-electron chi connectivity index (χ0n) is 9.63. The highest BCUT2D eigenvalue weighted by Crippen LogP contribution is 2.24. The van der Waals surface area contributed by atoms with Crippen molar-refractivity contribution in [2.24, 2.45) is 5.92 Å². The Balaban J connectivity index is 1.98. The maximum absolute atomic E-state index is 9.37. The lowest BCUT2D eigenvalue weighted by atomic mass is 10.1. The van der Waals surface area contributed by atoms with E-state index in [1.807, 2.05) is 6.92 Å². The maximum atomic E-state index is 9.37. The molecule has 2 N–H and O–H groups in total. The van der Waals surface area contributed by atoms with Crippen molar-refractivity contribution >= 4 is 0 Å². The first-order valence-corrected chi connectivity index (χ1v) is 6.15. The smallest absolute Gasteiger partial charge is 0.0538 e. The minimum absolute atomic E-state index is 0.0854. The molecule has 1 aliphatic carbocycles. The topological polar surface area (TPSA) is 32.3 Å². The van der Waals surface area contributed by atoms with Gasteiger partial charge in [0.15, 0.2) is 0 Å². The lowest BCUT2D eigenvalue weighted by molar-refractivity contribution is 0.157. The number of rotatable bonds is 6. The van der Waals surface area contributed by atoms with Gasteiger partial charge in [0.2, 0.25) is 0 Å². The lowest BCUT2D eigenvalue weighted by Crippen LogP contribution is -2.32. The van der Waals surface area contributed by atoms with Crippen molar-refractivity contribution in [3.63, 3.8) is 0 Å². The Hall–Kier alpha value is -0.0800. The van der Waals surface area contributed by atoms with E-state index in [2.05, 4.69) is 12.2 Å². The van der Waals surface area contributed by atoms with Gasteiger partial charge in [-0.05, 0) is 44.6 Å². The van der Waals surface area contributed by atoms with Crippen LogP contribution in [0.2, 0.25) is 0 Å². The minimum Gasteiger partial charge on any atom is -0.393 e. The van der Waals surface area contributed by atoms with Crippen LogP contribution in [0.25, 0.3) is 0 Å². The fourth-order valence-corrected chi connectivity index (χ4v) is 2.28. The third-order valence-electron chi connectivity index (χ3n) is 3.45. The molecule has 0 radical (unpaired) electrons. The van der Waals surface area contributed by atoms with Crippen molar-refractivity contribution in [1.82, 2.24) is 5.32 Å². The first-order chi connectivity index (χ1) is 6.74. The van der Waals surface area contributed by atoms with Crippen LogP contribution in [0.3, 0.4) is 0 Å². The molecule has 0 aromatic carbocycles. The van der Waals surface area contributed by atoms with Crippen LogP contribution in [0.15, 0.2) is 0 Å². The van der Waals surface area contributed by atoms with Gasteiger partial charge in [0.1, 0.15) is 0 Å². The summed E-state index contributed by atoms with van der Waals surface area (Å²) >= 11 is 0. The molecule has 2 heteroatoms. The van der Waals surface area contributed by atoms with Crippen molar-refractivity contribution in [3.05, 3.63) is 0 Å². The number of aliphatic hydroxyl groups excluding tert-OH is 1. The fourth-order valence-electron chi connectivity index (χ4n) is 2.28. The van der Waals surface area contributed by atoms with Crippen molar-refractivity contribution in [2.75, 3.05) is 6.54 Å². The van der Waals surface area contributed by atoms with Gasteiger partial charge in [-0.1, -0.05) is 20.3 Å². The van der Waals surface area contributed by atoms with E-state index < -0.39 is 0 Å². The van der Waals surface area contributed by atoms with Crippen LogP contribution >= 0.6 is 0 Å². The number of hydrogen-bond acceptors (Lipinski definition) is 2. The van der Waals surface area contributed by atoms with Gasteiger partial charge in [-0.25, -0.2) is 0 Å². The number of aliphatic hydroxyl groups is 1. The van der Waals surface area contributed by atoms with Crippen LogP contribution in [-0.2, 0) is 0 Å². The zero-order chi connectivity index (χ0) is 10.4. The first-order valence-electron chi connectivity index (χ1n) is 6.15. The van der Waals surface area contributed by atoms with Crippen LogP contribution in [0.5, 0.6) is 0 Å². The highest BCUT2D eigenvalue weighted by molar-refractivity contribution is 4.79. The second kappa shape index (κ2) is 6.41. The summed E-state index contributed by atoms with van der Waals surface area (Å²) < 4.78 is 0. The van der Waals surface area contributed by atoms with Crippen LogP contribution < -0.4 is 5.32 Å². The second-order valence-electron chi connectivity index (χ2n) is 4.67. The lowest BCUT2D eigenvalue weighted by Gasteiger charge is -2.17. The molecule has 0 bridgehead atoms. The average molecular weight is 199 g/mol. The summed E-state index contributed by atoms with van der Waals surface area (Å²) in [6.07, 6.45) is 6.98. The molecule has 1 aliphatic rings. The van der Waals surface area contributed by atoms with Gasteiger partial charge in [0.05, 0.1) is 6.10 Å². The second-order valence-corrected chi connectivity index (χ2v) is 4.67. The summed E-state index contributed by atoms with van der Waals surface area (Å²) in [7, 11) is 0. The predicted octanol–water partition coefficient (Wildman–Crippen LogP) is 2.32. The Morgan fingerprint density at radius 3 is 2.79 bits per heavy atom. The van der Waals surface area contributed by atoms with Gasteiger partial charge in [-0.15, -0.1) is 0 Å². The standard InChI is InChI=1S/C12H25NO/c1-3-11(14)7-5-9-13-12-8-4-6-10(12)2/h10-14H,3-9H2,1-2H3. The van der Waals surface area contributed by atoms with E-state index in [0.717, 1.165) is 37.8 Å². The molecular weight excluding hydrogens is 174 g/mol. The van der Waals surface area contributed by atoms with E-state index in [0.29, 0.717) is 0 Å². The summed E-state index contributed by atoms with van der Waals surface area (Å²) in [5, 5.41) is 13.0. The molecule has 0 heterocycles. The molecule has 0 amide bonds. The fraction of sp³-hybridized carbons (Fsp3) is 1.00. The average Bonchev–Trinajstić information content (AvgIpc) is 2.58. The van der Waals surface area contributed by atoms with Gasteiger partial charge in [0, 0.05) is 6.04 Å². The Bertz CT molecular complexity index is 149. The molecular formula is C12H25NO. The molecule has 0 spiro atoms. The minimum atomic E-state index is -0.0854. The summed E-state index contributed by atoms with van der Waals surface area (Å²) in [4.78, 5) is 0. The van der Waals surface area contributed by atoms with Crippen LogP contribution in [0.4, 0.5) is 0 Å². The summed E-state index contributed by atoms with van der Waals surface area (Å²) in [6, 6.07) is 0.744. The van der Waals surface area contributed by atoms with Crippen LogP contribution in [0.1, 0.15) is 52.4 Å². The first kappa shape index (κ1) is 12.0. The molecule has 84 valence electrons. The highest BCUT2D eigenvalue weighted by atomic mass is 16.3. The Kier molecular flexibility index (Phi) is 5.49. The van der Waals surface area contributed by atoms with Crippen LogP contribution in [0, 0.1) is 5.92 Å². The molecule has 0 aromatic rings. The Morgan fingerprint density at radius 1 is 1.43 bits per heavy atom. The largest absolute Gasteiger partial charge is 0.393 e. The SMILES string of the molecule is CCC(O)CCCNC1CCCC1C. The number of nitrogens with one attached hydrogen (secondary N) is 1. The van der Waals surface area contributed by atoms with E-state index in [4.69, 9.17) is 0 Å².